The van der Waals surface area contributed by atoms with Crippen LogP contribution in [0.25, 0.3) is 0 Å². The quantitative estimate of drug-likeness (QED) is 0.709. The molecule has 7 nitrogen and oxygen atoms in total. The monoisotopic (exact) mass is 447 g/mol. The number of rotatable bonds is 6. The van der Waals surface area contributed by atoms with E-state index in [-0.39, 0.29) is 41.6 Å². The van der Waals surface area contributed by atoms with Crippen LogP contribution in [0.4, 0.5) is 15.8 Å². The molecular formula is C22H26FN3O4S. The summed E-state index contributed by atoms with van der Waals surface area (Å²) >= 11 is 0. The highest BCUT2D eigenvalue weighted by Gasteiger charge is 2.33. The first-order chi connectivity index (χ1) is 14.7. The summed E-state index contributed by atoms with van der Waals surface area (Å²) in [7, 11) is -3.94. The SMILES string of the molecule is CC(C)C(=O)Nc1cccc(NC(=O)C2CCN(S(=O)(=O)c3ccccc3F)CC2)c1. The van der Waals surface area contributed by atoms with E-state index < -0.39 is 15.8 Å². The topological polar surface area (TPSA) is 95.6 Å². The first-order valence-electron chi connectivity index (χ1n) is 10.1. The van der Waals surface area contributed by atoms with Crippen molar-refractivity contribution in [1.82, 2.24) is 4.31 Å². The summed E-state index contributed by atoms with van der Waals surface area (Å²) in [6.45, 7) is 3.86. The molecule has 1 aliphatic heterocycles. The number of carbonyl (C=O) groups excluding carboxylic acids is 2. The van der Waals surface area contributed by atoms with E-state index in [4.69, 9.17) is 0 Å². The van der Waals surface area contributed by atoms with Crippen LogP contribution in [0.2, 0.25) is 0 Å². The average molecular weight is 448 g/mol. The number of hydrogen-bond donors (Lipinski definition) is 2. The van der Waals surface area contributed by atoms with Gasteiger partial charge >= 0.3 is 0 Å². The Morgan fingerprint density at radius 2 is 1.61 bits per heavy atom. The van der Waals surface area contributed by atoms with Gasteiger partial charge in [-0.15, -0.1) is 0 Å². The van der Waals surface area contributed by atoms with Crippen LogP contribution in [0.15, 0.2) is 53.4 Å². The Bertz CT molecular complexity index is 1060. The summed E-state index contributed by atoms with van der Waals surface area (Å²) in [5.74, 6) is -1.64. The number of nitrogens with one attached hydrogen (secondary N) is 2. The Hall–Kier alpha value is -2.78. The van der Waals surface area contributed by atoms with Gasteiger partial charge in [-0.05, 0) is 43.2 Å². The number of halogens is 1. The van der Waals surface area contributed by atoms with Crippen LogP contribution in [0.5, 0.6) is 0 Å². The number of amides is 2. The molecule has 1 fully saturated rings. The van der Waals surface area contributed by atoms with E-state index in [2.05, 4.69) is 10.6 Å². The smallest absolute Gasteiger partial charge is 0.245 e. The number of benzene rings is 2. The Balaban J connectivity index is 1.60. The van der Waals surface area contributed by atoms with Gasteiger partial charge < -0.3 is 10.6 Å². The van der Waals surface area contributed by atoms with Crippen LogP contribution in [0.3, 0.4) is 0 Å². The summed E-state index contributed by atoms with van der Waals surface area (Å²) in [4.78, 5) is 24.2. The summed E-state index contributed by atoms with van der Waals surface area (Å²) < 4.78 is 40.6. The molecule has 1 saturated heterocycles. The van der Waals surface area contributed by atoms with Crippen molar-refractivity contribution in [2.24, 2.45) is 11.8 Å². The number of nitrogens with zero attached hydrogens (tertiary/aromatic N) is 1. The normalized spacial score (nSPS) is 15.6. The van der Waals surface area contributed by atoms with E-state index in [1.807, 2.05) is 0 Å². The van der Waals surface area contributed by atoms with Crippen molar-refractivity contribution in [1.29, 1.82) is 0 Å². The fourth-order valence-corrected chi connectivity index (χ4v) is 4.89. The summed E-state index contributed by atoms with van der Waals surface area (Å²) in [5.41, 5.74) is 1.13. The summed E-state index contributed by atoms with van der Waals surface area (Å²) in [6.07, 6.45) is 0.673. The largest absolute Gasteiger partial charge is 0.326 e. The van der Waals surface area contributed by atoms with Gasteiger partial charge in [-0.2, -0.15) is 4.31 Å². The Morgan fingerprint density at radius 1 is 1.00 bits per heavy atom. The maximum atomic E-state index is 13.9. The minimum Gasteiger partial charge on any atom is -0.326 e. The molecule has 0 saturated carbocycles. The minimum atomic E-state index is -3.94. The Morgan fingerprint density at radius 3 is 2.23 bits per heavy atom. The number of anilines is 2. The lowest BCUT2D eigenvalue weighted by Gasteiger charge is -2.30. The number of hydrogen-bond acceptors (Lipinski definition) is 4. The third-order valence-electron chi connectivity index (χ3n) is 5.20. The van der Waals surface area contributed by atoms with Crippen molar-refractivity contribution in [3.05, 3.63) is 54.3 Å². The zero-order valence-electron chi connectivity index (χ0n) is 17.5. The molecule has 9 heteroatoms. The van der Waals surface area contributed by atoms with Crippen molar-refractivity contribution in [2.75, 3.05) is 23.7 Å². The number of carbonyl (C=O) groups is 2. The zero-order valence-corrected chi connectivity index (χ0v) is 18.3. The lowest BCUT2D eigenvalue weighted by Crippen LogP contribution is -2.41. The van der Waals surface area contributed by atoms with Gasteiger partial charge in [-0.1, -0.05) is 32.0 Å². The van der Waals surface area contributed by atoms with Crippen molar-refractivity contribution in [2.45, 2.75) is 31.6 Å². The average Bonchev–Trinajstić information content (AvgIpc) is 2.74. The highest BCUT2D eigenvalue weighted by Crippen LogP contribution is 2.26. The fraction of sp³-hybridized carbons (Fsp3) is 0.364. The molecule has 1 heterocycles. The van der Waals surface area contributed by atoms with Gasteiger partial charge in [0.15, 0.2) is 0 Å². The second-order valence-electron chi connectivity index (χ2n) is 7.82. The molecule has 0 unspecified atom stereocenters. The maximum absolute atomic E-state index is 13.9. The van der Waals surface area contributed by atoms with Crippen molar-refractivity contribution in [3.8, 4) is 0 Å². The molecule has 2 aromatic carbocycles. The summed E-state index contributed by atoms with van der Waals surface area (Å²) in [6, 6.07) is 12.1. The van der Waals surface area contributed by atoms with Gasteiger partial charge in [-0.3, -0.25) is 9.59 Å². The van der Waals surface area contributed by atoms with Crippen molar-refractivity contribution < 1.29 is 22.4 Å². The first-order valence-corrected chi connectivity index (χ1v) is 11.6. The van der Waals surface area contributed by atoms with E-state index in [1.54, 1.807) is 38.1 Å². The van der Waals surface area contributed by atoms with Gasteiger partial charge in [0, 0.05) is 36.3 Å². The molecule has 0 aromatic heterocycles. The molecule has 2 amide bonds. The third-order valence-corrected chi connectivity index (χ3v) is 7.13. The third kappa shape index (κ3) is 5.48. The van der Waals surface area contributed by atoms with E-state index >= 15 is 0 Å². The molecule has 2 aromatic rings. The summed E-state index contributed by atoms with van der Waals surface area (Å²) in [5, 5.41) is 5.61. The first kappa shape index (κ1) is 22.9. The second kappa shape index (κ2) is 9.57. The molecule has 31 heavy (non-hydrogen) atoms. The predicted molar refractivity (Wildman–Crippen MR) is 116 cm³/mol. The molecule has 0 spiro atoms. The molecule has 0 radical (unpaired) electrons. The van der Waals surface area contributed by atoms with Crippen LogP contribution in [0.1, 0.15) is 26.7 Å². The lowest BCUT2D eigenvalue weighted by atomic mass is 9.97. The molecule has 2 N–H and O–H groups in total. The lowest BCUT2D eigenvalue weighted by molar-refractivity contribution is -0.121. The predicted octanol–water partition coefficient (Wildman–Crippen LogP) is 3.46. The van der Waals surface area contributed by atoms with Crippen LogP contribution < -0.4 is 10.6 Å². The van der Waals surface area contributed by atoms with Gasteiger partial charge in [0.1, 0.15) is 10.7 Å². The van der Waals surface area contributed by atoms with Gasteiger partial charge in [0.05, 0.1) is 0 Å². The van der Waals surface area contributed by atoms with Gasteiger partial charge in [0.25, 0.3) is 0 Å². The van der Waals surface area contributed by atoms with E-state index in [0.717, 1.165) is 6.07 Å². The highest BCUT2D eigenvalue weighted by molar-refractivity contribution is 7.89. The van der Waals surface area contributed by atoms with Crippen LogP contribution in [-0.4, -0.2) is 37.6 Å². The zero-order chi connectivity index (χ0) is 22.6. The van der Waals surface area contributed by atoms with E-state index in [9.17, 15) is 22.4 Å². The molecule has 0 bridgehead atoms. The Labute approximate surface area is 181 Å². The standard InChI is InChI=1S/C22H26FN3O4S/c1-15(2)21(27)24-17-6-5-7-18(14-17)25-22(28)16-10-12-26(13-11-16)31(29,30)20-9-4-3-8-19(20)23/h3-9,14-16H,10-13H2,1-2H3,(H,24,27)(H,25,28). The second-order valence-corrected chi connectivity index (χ2v) is 9.73. The van der Waals surface area contributed by atoms with Crippen molar-refractivity contribution >= 4 is 33.2 Å². The van der Waals surface area contributed by atoms with E-state index in [0.29, 0.717) is 24.2 Å². The highest BCUT2D eigenvalue weighted by atomic mass is 32.2. The fourth-order valence-electron chi connectivity index (χ4n) is 3.36. The minimum absolute atomic E-state index is 0.119. The molecule has 0 aliphatic carbocycles. The molecule has 166 valence electrons. The van der Waals surface area contributed by atoms with Crippen LogP contribution in [0, 0.1) is 17.7 Å². The molecule has 3 rings (SSSR count). The molecule has 1 aliphatic rings. The maximum Gasteiger partial charge on any atom is 0.245 e. The van der Waals surface area contributed by atoms with Gasteiger partial charge in [-0.25, -0.2) is 12.8 Å². The van der Waals surface area contributed by atoms with Crippen LogP contribution in [-0.2, 0) is 19.6 Å². The molecular weight excluding hydrogens is 421 g/mol. The number of piperidine rings is 1. The Kier molecular flexibility index (Phi) is 7.07. The number of sulfonamides is 1. The van der Waals surface area contributed by atoms with Gasteiger partial charge in [0.2, 0.25) is 21.8 Å². The molecule has 0 atom stereocenters. The van der Waals surface area contributed by atoms with Crippen molar-refractivity contribution in [3.63, 3.8) is 0 Å². The van der Waals surface area contributed by atoms with Crippen LogP contribution >= 0.6 is 0 Å². The van der Waals surface area contributed by atoms with E-state index in [1.165, 1.54) is 22.5 Å².